The predicted molar refractivity (Wildman–Crippen MR) is 87.7 cm³/mol. The van der Waals surface area contributed by atoms with Gasteiger partial charge in [0.05, 0.1) is 17.6 Å². The van der Waals surface area contributed by atoms with Gasteiger partial charge in [-0.3, -0.25) is 4.79 Å². The van der Waals surface area contributed by atoms with E-state index < -0.39 is 10.0 Å². The van der Waals surface area contributed by atoms with Crippen LogP contribution in [0.5, 0.6) is 0 Å². The molecule has 7 heteroatoms. The van der Waals surface area contributed by atoms with E-state index >= 15 is 0 Å². The SMILES string of the molecule is Cc1ccc(S(=O)(=O)NCCC(=O)N2CCOC(C)C2)cc1C. The highest BCUT2D eigenvalue weighted by Gasteiger charge is 2.22. The lowest BCUT2D eigenvalue weighted by Crippen LogP contribution is -2.45. The van der Waals surface area contributed by atoms with Gasteiger partial charge in [0.1, 0.15) is 0 Å². The molecule has 23 heavy (non-hydrogen) atoms. The summed E-state index contributed by atoms with van der Waals surface area (Å²) in [5, 5.41) is 0. The summed E-state index contributed by atoms with van der Waals surface area (Å²) in [6.45, 7) is 7.47. The number of rotatable bonds is 5. The van der Waals surface area contributed by atoms with E-state index in [0.29, 0.717) is 19.7 Å². The number of carbonyl (C=O) groups is 1. The van der Waals surface area contributed by atoms with Crippen molar-refractivity contribution in [3.8, 4) is 0 Å². The lowest BCUT2D eigenvalue weighted by atomic mass is 10.1. The summed E-state index contributed by atoms with van der Waals surface area (Å²) in [6, 6.07) is 5.00. The van der Waals surface area contributed by atoms with Crippen molar-refractivity contribution in [2.45, 2.75) is 38.2 Å². The molecule has 1 fully saturated rings. The van der Waals surface area contributed by atoms with Crippen molar-refractivity contribution >= 4 is 15.9 Å². The number of hydrogen-bond donors (Lipinski definition) is 1. The molecule has 1 aromatic rings. The highest BCUT2D eigenvalue weighted by molar-refractivity contribution is 7.89. The summed E-state index contributed by atoms with van der Waals surface area (Å²) in [7, 11) is -3.58. The Morgan fingerprint density at radius 3 is 2.74 bits per heavy atom. The van der Waals surface area contributed by atoms with E-state index in [9.17, 15) is 13.2 Å². The molecule has 6 nitrogen and oxygen atoms in total. The van der Waals surface area contributed by atoms with E-state index in [4.69, 9.17) is 4.74 Å². The van der Waals surface area contributed by atoms with Crippen molar-refractivity contribution in [1.82, 2.24) is 9.62 Å². The normalized spacial score (nSPS) is 18.9. The molecule has 2 rings (SSSR count). The maximum atomic E-state index is 12.2. The number of morpholine rings is 1. The van der Waals surface area contributed by atoms with Gasteiger partial charge < -0.3 is 9.64 Å². The van der Waals surface area contributed by atoms with E-state index in [1.807, 2.05) is 20.8 Å². The highest BCUT2D eigenvalue weighted by atomic mass is 32.2. The van der Waals surface area contributed by atoms with E-state index in [1.54, 1.807) is 23.1 Å². The number of aryl methyl sites for hydroxylation is 2. The van der Waals surface area contributed by atoms with Gasteiger partial charge >= 0.3 is 0 Å². The Morgan fingerprint density at radius 2 is 2.09 bits per heavy atom. The van der Waals surface area contributed by atoms with E-state index in [-0.39, 0.29) is 29.9 Å². The number of nitrogens with one attached hydrogen (secondary N) is 1. The van der Waals surface area contributed by atoms with Crippen molar-refractivity contribution in [3.05, 3.63) is 29.3 Å². The lowest BCUT2D eigenvalue weighted by Gasteiger charge is -2.31. The molecule has 1 heterocycles. The summed E-state index contributed by atoms with van der Waals surface area (Å²) in [4.78, 5) is 14.1. The van der Waals surface area contributed by atoms with Gasteiger partial charge in [-0.1, -0.05) is 6.07 Å². The van der Waals surface area contributed by atoms with Gasteiger partial charge in [0.15, 0.2) is 0 Å². The second-order valence-electron chi connectivity index (χ2n) is 5.92. The maximum absolute atomic E-state index is 12.2. The Hall–Kier alpha value is -1.44. The number of nitrogens with zero attached hydrogens (tertiary/aromatic N) is 1. The Kier molecular flexibility index (Phi) is 5.78. The van der Waals surface area contributed by atoms with Gasteiger partial charge in [-0.05, 0) is 44.0 Å². The molecule has 1 saturated heterocycles. The molecule has 128 valence electrons. The van der Waals surface area contributed by atoms with Crippen LogP contribution in [0.4, 0.5) is 0 Å². The predicted octanol–water partition coefficient (Wildman–Crippen LogP) is 1.22. The third-order valence-corrected chi connectivity index (χ3v) is 5.47. The first-order chi connectivity index (χ1) is 10.8. The zero-order chi connectivity index (χ0) is 17.0. The van der Waals surface area contributed by atoms with Crippen molar-refractivity contribution in [3.63, 3.8) is 0 Å². The van der Waals surface area contributed by atoms with Crippen LogP contribution in [0.1, 0.15) is 24.5 Å². The Morgan fingerprint density at radius 1 is 1.35 bits per heavy atom. The fourth-order valence-corrected chi connectivity index (χ4v) is 3.58. The molecular formula is C16H24N2O4S. The number of amides is 1. The van der Waals surface area contributed by atoms with Gasteiger partial charge in [-0.15, -0.1) is 0 Å². The lowest BCUT2D eigenvalue weighted by molar-refractivity contribution is -0.137. The molecule has 0 saturated carbocycles. The number of ether oxygens (including phenoxy) is 1. The Balaban J connectivity index is 1.89. The standard InChI is InChI=1S/C16H24N2O4S/c1-12-4-5-15(10-13(12)2)23(20,21)17-7-6-16(19)18-8-9-22-14(3)11-18/h4-5,10,14,17H,6-9,11H2,1-3H3. The van der Waals surface area contributed by atoms with E-state index in [0.717, 1.165) is 11.1 Å². The number of sulfonamides is 1. The third kappa shape index (κ3) is 4.76. The van der Waals surface area contributed by atoms with Crippen LogP contribution >= 0.6 is 0 Å². The highest BCUT2D eigenvalue weighted by Crippen LogP contribution is 2.14. The molecule has 0 radical (unpaired) electrons. The monoisotopic (exact) mass is 340 g/mol. The Bertz CT molecular complexity index is 673. The zero-order valence-electron chi connectivity index (χ0n) is 13.8. The fraction of sp³-hybridized carbons (Fsp3) is 0.562. The number of benzene rings is 1. The molecule has 1 atom stereocenters. The van der Waals surface area contributed by atoms with Crippen molar-refractivity contribution in [1.29, 1.82) is 0 Å². The van der Waals surface area contributed by atoms with Crippen molar-refractivity contribution in [2.75, 3.05) is 26.2 Å². The molecule has 1 unspecified atom stereocenters. The van der Waals surface area contributed by atoms with Crippen LogP contribution in [0.3, 0.4) is 0 Å². The summed E-state index contributed by atoms with van der Waals surface area (Å²) in [6.07, 6.45) is 0.177. The molecule has 0 aromatic heterocycles. The minimum atomic E-state index is -3.58. The first-order valence-corrected chi connectivity index (χ1v) is 9.24. The summed E-state index contributed by atoms with van der Waals surface area (Å²) in [5.41, 5.74) is 1.96. The van der Waals surface area contributed by atoms with Gasteiger partial charge in [0.2, 0.25) is 15.9 Å². The number of hydrogen-bond acceptors (Lipinski definition) is 4. The maximum Gasteiger partial charge on any atom is 0.240 e. The molecular weight excluding hydrogens is 316 g/mol. The van der Waals surface area contributed by atoms with Crippen molar-refractivity contribution < 1.29 is 17.9 Å². The fourth-order valence-electron chi connectivity index (χ4n) is 2.46. The van der Waals surface area contributed by atoms with Gasteiger partial charge in [0, 0.05) is 26.1 Å². The minimum Gasteiger partial charge on any atom is -0.375 e. The topological polar surface area (TPSA) is 75.7 Å². The summed E-state index contributed by atoms with van der Waals surface area (Å²) >= 11 is 0. The average molecular weight is 340 g/mol. The van der Waals surface area contributed by atoms with Crippen LogP contribution in [-0.2, 0) is 19.6 Å². The molecule has 0 spiro atoms. The molecule has 1 amide bonds. The van der Waals surface area contributed by atoms with E-state index in [1.165, 1.54) is 0 Å². The van der Waals surface area contributed by atoms with Gasteiger partial charge in [0.25, 0.3) is 0 Å². The third-order valence-electron chi connectivity index (χ3n) is 4.01. The molecule has 1 aromatic carbocycles. The average Bonchev–Trinajstić information content (AvgIpc) is 2.49. The zero-order valence-corrected chi connectivity index (χ0v) is 14.6. The summed E-state index contributed by atoms with van der Waals surface area (Å²) < 4.78 is 32.4. The van der Waals surface area contributed by atoms with Crippen LogP contribution in [-0.4, -0.2) is 51.6 Å². The van der Waals surface area contributed by atoms with Crippen LogP contribution in [0, 0.1) is 13.8 Å². The molecule has 1 aliphatic heterocycles. The molecule has 0 bridgehead atoms. The second kappa shape index (κ2) is 7.42. The van der Waals surface area contributed by atoms with Crippen LogP contribution in [0.25, 0.3) is 0 Å². The smallest absolute Gasteiger partial charge is 0.240 e. The Labute approximate surface area is 137 Å². The summed E-state index contributed by atoms with van der Waals surface area (Å²) in [5.74, 6) is -0.0528. The van der Waals surface area contributed by atoms with Crippen LogP contribution in [0.15, 0.2) is 23.1 Å². The second-order valence-corrected chi connectivity index (χ2v) is 7.68. The van der Waals surface area contributed by atoms with Gasteiger partial charge in [-0.25, -0.2) is 13.1 Å². The quantitative estimate of drug-likeness (QED) is 0.874. The van der Waals surface area contributed by atoms with Crippen molar-refractivity contribution in [2.24, 2.45) is 0 Å². The minimum absolute atomic E-state index is 0.0277. The first-order valence-electron chi connectivity index (χ1n) is 7.76. The molecule has 1 N–H and O–H groups in total. The largest absolute Gasteiger partial charge is 0.375 e. The van der Waals surface area contributed by atoms with Crippen LogP contribution < -0.4 is 4.72 Å². The first kappa shape index (κ1) is 17.9. The van der Waals surface area contributed by atoms with E-state index in [2.05, 4.69) is 4.72 Å². The van der Waals surface area contributed by atoms with Crippen LogP contribution in [0.2, 0.25) is 0 Å². The van der Waals surface area contributed by atoms with Gasteiger partial charge in [-0.2, -0.15) is 0 Å². The molecule has 1 aliphatic rings. The number of carbonyl (C=O) groups excluding carboxylic acids is 1. The molecule has 0 aliphatic carbocycles.